The molecule has 0 radical (unpaired) electrons. The number of benzene rings is 2. The van der Waals surface area contributed by atoms with Crippen LogP contribution in [-0.4, -0.2) is 42.5 Å². The molecule has 0 aromatic heterocycles. The Morgan fingerprint density at radius 1 is 1.03 bits per heavy atom. The van der Waals surface area contributed by atoms with Crippen molar-refractivity contribution < 1.29 is 24.0 Å². The number of nitro groups is 1. The summed E-state index contributed by atoms with van der Waals surface area (Å²) in [5.41, 5.74) is 0.373. The molecule has 2 aliphatic rings. The molecule has 2 amide bonds. The number of non-ortho nitro benzene ring substituents is 1. The molecule has 2 atom stereocenters. The Balaban J connectivity index is 1.48. The number of carbonyl (C=O) groups is 2. The molecular formula is C24H28N4O6. The van der Waals surface area contributed by atoms with E-state index in [1.807, 2.05) is 0 Å². The predicted octanol–water partition coefficient (Wildman–Crippen LogP) is 3.73. The highest BCUT2D eigenvalue weighted by Gasteiger charge is 2.23. The van der Waals surface area contributed by atoms with Gasteiger partial charge in [-0.3, -0.25) is 19.7 Å². The number of anilines is 2. The Morgan fingerprint density at radius 3 is 2.56 bits per heavy atom. The van der Waals surface area contributed by atoms with Gasteiger partial charge in [0.1, 0.15) is 13.2 Å². The van der Waals surface area contributed by atoms with Gasteiger partial charge < -0.3 is 25.4 Å². The highest BCUT2D eigenvalue weighted by molar-refractivity contribution is 6.10. The van der Waals surface area contributed by atoms with Gasteiger partial charge in [-0.05, 0) is 37.0 Å². The molecule has 0 bridgehead atoms. The number of fused-ring (bicyclic) bond motifs is 1. The van der Waals surface area contributed by atoms with Crippen LogP contribution in [0.1, 0.15) is 43.0 Å². The second kappa shape index (κ2) is 10.5. The number of nitro benzene ring substituents is 1. The lowest BCUT2D eigenvalue weighted by molar-refractivity contribution is -0.384. The van der Waals surface area contributed by atoms with Gasteiger partial charge in [0.2, 0.25) is 5.91 Å². The van der Waals surface area contributed by atoms with Crippen LogP contribution in [0.4, 0.5) is 17.1 Å². The van der Waals surface area contributed by atoms with Gasteiger partial charge in [-0.25, -0.2) is 0 Å². The average Bonchev–Trinajstić information content (AvgIpc) is 2.83. The van der Waals surface area contributed by atoms with Crippen molar-refractivity contribution in [2.45, 2.75) is 38.6 Å². The van der Waals surface area contributed by atoms with Crippen LogP contribution in [0.25, 0.3) is 0 Å². The third kappa shape index (κ3) is 5.63. The van der Waals surface area contributed by atoms with Gasteiger partial charge in [0.25, 0.3) is 11.6 Å². The first-order valence-corrected chi connectivity index (χ1v) is 11.4. The van der Waals surface area contributed by atoms with Crippen LogP contribution in [0.2, 0.25) is 0 Å². The zero-order valence-corrected chi connectivity index (χ0v) is 19.0. The molecule has 10 heteroatoms. The van der Waals surface area contributed by atoms with Crippen LogP contribution in [0.5, 0.6) is 11.5 Å². The number of nitrogens with one attached hydrogen (secondary N) is 3. The van der Waals surface area contributed by atoms with Crippen molar-refractivity contribution in [1.82, 2.24) is 5.32 Å². The Labute approximate surface area is 197 Å². The van der Waals surface area contributed by atoms with E-state index < -0.39 is 10.8 Å². The molecule has 2 aromatic carbocycles. The number of hydrogen-bond acceptors (Lipinski definition) is 7. The maximum Gasteiger partial charge on any atom is 0.270 e. The summed E-state index contributed by atoms with van der Waals surface area (Å²) in [6, 6.07) is 9.01. The molecule has 3 N–H and O–H groups in total. The molecule has 0 spiro atoms. The van der Waals surface area contributed by atoms with Crippen molar-refractivity contribution in [3.8, 4) is 11.5 Å². The van der Waals surface area contributed by atoms with Crippen LogP contribution >= 0.6 is 0 Å². The smallest absolute Gasteiger partial charge is 0.270 e. The van der Waals surface area contributed by atoms with Gasteiger partial charge in [0, 0.05) is 29.9 Å². The fourth-order valence-electron chi connectivity index (χ4n) is 4.30. The lowest BCUT2D eigenvalue weighted by Crippen LogP contribution is -2.41. The molecule has 1 heterocycles. The first-order chi connectivity index (χ1) is 16.4. The maximum absolute atomic E-state index is 13.0. The van der Waals surface area contributed by atoms with E-state index in [1.165, 1.54) is 18.6 Å². The van der Waals surface area contributed by atoms with Crippen LogP contribution in [0, 0.1) is 16.0 Å². The van der Waals surface area contributed by atoms with Gasteiger partial charge in [0.05, 0.1) is 22.7 Å². The largest absolute Gasteiger partial charge is 0.486 e. The topological polar surface area (TPSA) is 132 Å². The van der Waals surface area contributed by atoms with Crippen molar-refractivity contribution in [1.29, 1.82) is 0 Å². The van der Waals surface area contributed by atoms with E-state index in [-0.39, 0.29) is 35.4 Å². The molecule has 0 saturated heterocycles. The summed E-state index contributed by atoms with van der Waals surface area (Å²) in [6.45, 7) is 3.11. The fourth-order valence-corrected chi connectivity index (χ4v) is 4.30. The van der Waals surface area contributed by atoms with Gasteiger partial charge in [0.15, 0.2) is 11.5 Å². The van der Waals surface area contributed by atoms with Gasteiger partial charge in [-0.1, -0.05) is 19.8 Å². The Morgan fingerprint density at radius 2 is 1.79 bits per heavy atom. The third-order valence-electron chi connectivity index (χ3n) is 6.17. The number of nitrogens with zero attached hydrogens (tertiary/aromatic N) is 1. The molecule has 0 unspecified atom stereocenters. The Hall–Kier alpha value is -3.66. The maximum atomic E-state index is 13.0. The summed E-state index contributed by atoms with van der Waals surface area (Å²) in [4.78, 5) is 36.3. The first kappa shape index (κ1) is 23.5. The number of hydrogen-bond donors (Lipinski definition) is 3. The summed E-state index contributed by atoms with van der Waals surface area (Å²) < 4.78 is 11.0. The monoisotopic (exact) mass is 468 g/mol. The molecule has 1 fully saturated rings. The van der Waals surface area contributed by atoms with Gasteiger partial charge >= 0.3 is 0 Å². The van der Waals surface area contributed by atoms with Crippen LogP contribution in [0.15, 0.2) is 36.4 Å². The fraction of sp³-hybridized carbons (Fsp3) is 0.417. The normalized spacial score (nSPS) is 19.2. The standard InChI is InChI=1S/C24H28N4O6/c1-15-4-2-3-5-19(15)25-14-23(29)27-20-8-7-17(28(31)32)13-18(20)24(30)26-16-6-9-21-22(12-16)34-11-10-33-21/h6-9,12-13,15,19,25H,2-5,10-11,14H2,1H3,(H,26,30)(H,27,29)/t15-,19-/m0/s1. The van der Waals surface area contributed by atoms with Crippen LogP contribution in [-0.2, 0) is 4.79 Å². The Bertz CT molecular complexity index is 1090. The predicted molar refractivity (Wildman–Crippen MR) is 127 cm³/mol. The summed E-state index contributed by atoms with van der Waals surface area (Å²) in [5, 5.41) is 20.0. The van der Waals surface area contributed by atoms with E-state index >= 15 is 0 Å². The SMILES string of the molecule is C[C@H]1CCCC[C@@H]1NCC(=O)Nc1ccc([N+](=O)[O-])cc1C(=O)Nc1ccc2c(c1)OCCO2. The second-order valence-electron chi connectivity index (χ2n) is 8.60. The van der Waals surface area contributed by atoms with Crippen molar-refractivity contribution in [3.63, 3.8) is 0 Å². The highest BCUT2D eigenvalue weighted by atomic mass is 16.6. The van der Waals surface area contributed by atoms with Crippen LogP contribution < -0.4 is 25.4 Å². The van der Waals surface area contributed by atoms with E-state index in [4.69, 9.17) is 9.47 Å². The highest BCUT2D eigenvalue weighted by Crippen LogP contribution is 2.33. The zero-order valence-electron chi connectivity index (χ0n) is 19.0. The minimum atomic E-state index is -0.593. The second-order valence-corrected chi connectivity index (χ2v) is 8.60. The van der Waals surface area contributed by atoms with Gasteiger partial charge in [-0.15, -0.1) is 0 Å². The summed E-state index contributed by atoms with van der Waals surface area (Å²) in [7, 11) is 0. The molecule has 2 aromatic rings. The minimum absolute atomic E-state index is 0.0107. The molecule has 10 nitrogen and oxygen atoms in total. The summed E-state index contributed by atoms with van der Waals surface area (Å²) in [6.07, 6.45) is 4.49. The summed E-state index contributed by atoms with van der Waals surface area (Å²) >= 11 is 0. The van der Waals surface area contributed by atoms with Crippen LogP contribution in [0.3, 0.4) is 0 Å². The Kier molecular flexibility index (Phi) is 7.27. The zero-order chi connectivity index (χ0) is 24.1. The van der Waals surface area contributed by atoms with E-state index in [0.29, 0.717) is 36.3 Å². The van der Waals surface area contributed by atoms with E-state index in [1.54, 1.807) is 18.2 Å². The number of ether oxygens (including phenoxy) is 2. The minimum Gasteiger partial charge on any atom is -0.486 e. The third-order valence-corrected chi connectivity index (χ3v) is 6.17. The molecule has 1 aliphatic carbocycles. The van der Waals surface area contributed by atoms with Gasteiger partial charge in [-0.2, -0.15) is 0 Å². The molecule has 34 heavy (non-hydrogen) atoms. The van der Waals surface area contributed by atoms with E-state index in [2.05, 4.69) is 22.9 Å². The first-order valence-electron chi connectivity index (χ1n) is 11.4. The number of rotatable bonds is 7. The molecule has 1 aliphatic heterocycles. The van der Waals surface area contributed by atoms with E-state index in [9.17, 15) is 19.7 Å². The quantitative estimate of drug-likeness (QED) is 0.417. The van der Waals surface area contributed by atoms with Crippen molar-refractivity contribution in [3.05, 3.63) is 52.1 Å². The van der Waals surface area contributed by atoms with Crippen molar-refractivity contribution in [2.24, 2.45) is 5.92 Å². The molecular weight excluding hydrogens is 440 g/mol. The molecule has 180 valence electrons. The average molecular weight is 469 g/mol. The molecule has 4 rings (SSSR count). The number of amides is 2. The lowest BCUT2D eigenvalue weighted by Gasteiger charge is -2.29. The van der Waals surface area contributed by atoms with Crippen molar-refractivity contribution in [2.75, 3.05) is 30.4 Å². The number of carbonyl (C=O) groups excluding carboxylic acids is 2. The van der Waals surface area contributed by atoms with Crippen molar-refractivity contribution >= 4 is 28.9 Å². The van der Waals surface area contributed by atoms with E-state index in [0.717, 1.165) is 25.3 Å². The summed E-state index contributed by atoms with van der Waals surface area (Å²) in [5.74, 6) is 0.657. The molecule has 1 saturated carbocycles. The lowest BCUT2D eigenvalue weighted by atomic mass is 9.86.